The van der Waals surface area contributed by atoms with Crippen LogP contribution in [0.25, 0.3) is 0 Å². The van der Waals surface area contributed by atoms with Gasteiger partial charge < -0.3 is 9.84 Å². The summed E-state index contributed by atoms with van der Waals surface area (Å²) in [4.78, 5) is 0. The van der Waals surface area contributed by atoms with Crippen LogP contribution in [0.1, 0.15) is 49.5 Å². The van der Waals surface area contributed by atoms with Gasteiger partial charge in [-0.2, -0.15) is 0 Å². The quantitative estimate of drug-likeness (QED) is 0.847. The van der Waals surface area contributed by atoms with Crippen LogP contribution in [-0.4, -0.2) is 5.11 Å². The monoisotopic (exact) mass is 288 g/mol. The first kappa shape index (κ1) is 15.5. The molecule has 0 spiro atoms. The predicted molar refractivity (Wildman–Crippen MR) is 82.4 cm³/mol. The lowest BCUT2D eigenvalue weighted by atomic mass is 9.98. The molecule has 0 aromatic heterocycles. The fourth-order valence-electron chi connectivity index (χ4n) is 2.43. The minimum Gasteiger partial charge on any atom is -0.457 e. The number of rotatable bonds is 4. The van der Waals surface area contributed by atoms with Gasteiger partial charge in [0, 0.05) is 5.56 Å². The fourth-order valence-corrected chi connectivity index (χ4v) is 2.43. The molecule has 0 saturated heterocycles. The summed E-state index contributed by atoms with van der Waals surface area (Å²) in [5.41, 5.74) is 2.88. The van der Waals surface area contributed by atoms with Gasteiger partial charge in [0.2, 0.25) is 0 Å². The van der Waals surface area contributed by atoms with Crippen LogP contribution in [0.2, 0.25) is 0 Å². The van der Waals surface area contributed by atoms with Crippen LogP contribution in [0.3, 0.4) is 0 Å². The summed E-state index contributed by atoms with van der Waals surface area (Å²) in [6, 6.07) is 10.1. The number of aryl methyl sites for hydroxylation is 1. The standard InChI is InChI=1S/C18H21FO2/c1-11(2)16-7-6-15(9-12(16)3)21-18-8-5-14(19)10-17(18)13(4)20/h5-11,13,20H,1-4H3/t13-/m0/s1. The molecule has 1 N–H and O–H groups in total. The van der Waals surface area contributed by atoms with Crippen LogP contribution in [0.4, 0.5) is 4.39 Å². The van der Waals surface area contributed by atoms with Gasteiger partial charge in [-0.05, 0) is 61.2 Å². The summed E-state index contributed by atoms with van der Waals surface area (Å²) >= 11 is 0. The Morgan fingerprint density at radius 2 is 1.71 bits per heavy atom. The summed E-state index contributed by atoms with van der Waals surface area (Å²) in [5.74, 6) is 1.23. The lowest BCUT2D eigenvalue weighted by molar-refractivity contribution is 0.195. The van der Waals surface area contributed by atoms with E-state index >= 15 is 0 Å². The molecule has 0 aliphatic heterocycles. The Kier molecular flexibility index (Phi) is 4.63. The smallest absolute Gasteiger partial charge is 0.133 e. The Hall–Kier alpha value is -1.87. The van der Waals surface area contributed by atoms with Crippen molar-refractivity contribution in [2.45, 2.75) is 39.7 Å². The van der Waals surface area contributed by atoms with Crippen LogP contribution < -0.4 is 4.74 Å². The molecule has 112 valence electrons. The van der Waals surface area contributed by atoms with Crippen molar-refractivity contribution in [1.29, 1.82) is 0 Å². The zero-order chi connectivity index (χ0) is 15.6. The van der Waals surface area contributed by atoms with Gasteiger partial charge in [0.1, 0.15) is 17.3 Å². The van der Waals surface area contributed by atoms with Gasteiger partial charge >= 0.3 is 0 Å². The first-order chi connectivity index (χ1) is 9.88. The number of benzene rings is 2. The number of halogens is 1. The molecule has 0 aliphatic carbocycles. The first-order valence-corrected chi connectivity index (χ1v) is 7.14. The summed E-state index contributed by atoms with van der Waals surface area (Å²) in [6.45, 7) is 7.93. The van der Waals surface area contributed by atoms with Gasteiger partial charge in [-0.3, -0.25) is 0 Å². The summed E-state index contributed by atoms with van der Waals surface area (Å²) in [6.07, 6.45) is -0.785. The maximum atomic E-state index is 13.3. The van der Waals surface area contributed by atoms with Crippen molar-refractivity contribution in [2.75, 3.05) is 0 Å². The van der Waals surface area contributed by atoms with Crippen molar-refractivity contribution in [3.8, 4) is 11.5 Å². The van der Waals surface area contributed by atoms with Crippen LogP contribution in [0, 0.1) is 12.7 Å². The average Bonchev–Trinajstić information content (AvgIpc) is 2.40. The van der Waals surface area contributed by atoms with E-state index in [4.69, 9.17) is 4.74 Å². The van der Waals surface area contributed by atoms with Gasteiger partial charge in [-0.15, -0.1) is 0 Å². The maximum Gasteiger partial charge on any atom is 0.133 e. The molecule has 1 atom stereocenters. The number of hydrogen-bond acceptors (Lipinski definition) is 2. The molecule has 0 amide bonds. The van der Waals surface area contributed by atoms with Crippen molar-refractivity contribution in [3.63, 3.8) is 0 Å². The van der Waals surface area contributed by atoms with Crippen molar-refractivity contribution in [2.24, 2.45) is 0 Å². The fraction of sp³-hybridized carbons (Fsp3) is 0.333. The van der Waals surface area contributed by atoms with E-state index in [2.05, 4.69) is 13.8 Å². The van der Waals surface area contributed by atoms with E-state index in [0.29, 0.717) is 23.0 Å². The molecule has 0 heterocycles. The highest BCUT2D eigenvalue weighted by molar-refractivity contribution is 5.42. The largest absolute Gasteiger partial charge is 0.457 e. The lowest BCUT2D eigenvalue weighted by Gasteiger charge is -2.15. The highest BCUT2D eigenvalue weighted by atomic mass is 19.1. The van der Waals surface area contributed by atoms with Crippen molar-refractivity contribution < 1.29 is 14.2 Å². The molecule has 2 aromatic carbocycles. The second-order valence-corrected chi connectivity index (χ2v) is 5.63. The molecule has 0 unspecified atom stereocenters. The molecule has 2 aromatic rings. The highest BCUT2D eigenvalue weighted by Crippen LogP contribution is 2.32. The number of ether oxygens (including phenoxy) is 1. The minimum atomic E-state index is -0.785. The molecule has 0 fully saturated rings. The Labute approximate surface area is 125 Å². The van der Waals surface area contributed by atoms with E-state index in [0.717, 1.165) is 5.56 Å². The van der Waals surface area contributed by atoms with Gasteiger partial charge in [0.15, 0.2) is 0 Å². The van der Waals surface area contributed by atoms with E-state index in [-0.39, 0.29) is 5.82 Å². The Balaban J connectivity index is 2.32. The first-order valence-electron chi connectivity index (χ1n) is 7.14. The molecule has 0 aliphatic rings. The second-order valence-electron chi connectivity index (χ2n) is 5.63. The third-order valence-corrected chi connectivity index (χ3v) is 3.51. The van der Waals surface area contributed by atoms with Crippen LogP contribution in [0.15, 0.2) is 36.4 Å². The van der Waals surface area contributed by atoms with Crippen LogP contribution in [-0.2, 0) is 0 Å². The molecular weight excluding hydrogens is 267 g/mol. The Morgan fingerprint density at radius 3 is 2.29 bits per heavy atom. The minimum absolute atomic E-state index is 0.385. The number of hydrogen-bond donors (Lipinski definition) is 1. The third kappa shape index (κ3) is 3.61. The molecule has 21 heavy (non-hydrogen) atoms. The van der Waals surface area contributed by atoms with Crippen LogP contribution in [0.5, 0.6) is 11.5 Å². The highest BCUT2D eigenvalue weighted by Gasteiger charge is 2.12. The molecule has 3 heteroatoms. The number of aliphatic hydroxyl groups excluding tert-OH is 1. The average molecular weight is 288 g/mol. The topological polar surface area (TPSA) is 29.5 Å². The third-order valence-electron chi connectivity index (χ3n) is 3.51. The molecule has 2 nitrogen and oxygen atoms in total. The van der Waals surface area contributed by atoms with E-state index < -0.39 is 6.10 Å². The van der Waals surface area contributed by atoms with Crippen molar-refractivity contribution in [3.05, 3.63) is 58.9 Å². The van der Waals surface area contributed by atoms with Crippen LogP contribution >= 0.6 is 0 Å². The number of aliphatic hydroxyl groups is 1. The van der Waals surface area contributed by atoms with E-state index in [9.17, 15) is 9.50 Å². The van der Waals surface area contributed by atoms with Gasteiger partial charge in [0.25, 0.3) is 0 Å². The van der Waals surface area contributed by atoms with Gasteiger partial charge in [-0.1, -0.05) is 19.9 Å². The summed E-state index contributed by atoms with van der Waals surface area (Å²) < 4.78 is 19.1. The molecule has 0 saturated carbocycles. The normalized spacial score (nSPS) is 12.5. The molecule has 0 bridgehead atoms. The zero-order valence-electron chi connectivity index (χ0n) is 12.9. The summed E-state index contributed by atoms with van der Waals surface area (Å²) in [7, 11) is 0. The van der Waals surface area contributed by atoms with E-state index in [1.165, 1.54) is 17.7 Å². The SMILES string of the molecule is Cc1cc(Oc2ccc(F)cc2[C@H](C)O)ccc1C(C)C. The van der Waals surface area contributed by atoms with E-state index in [1.54, 1.807) is 13.0 Å². The Morgan fingerprint density at radius 1 is 1.00 bits per heavy atom. The Bertz CT molecular complexity index is 633. The lowest BCUT2D eigenvalue weighted by Crippen LogP contribution is -1.98. The molecule has 0 radical (unpaired) electrons. The zero-order valence-corrected chi connectivity index (χ0v) is 12.9. The van der Waals surface area contributed by atoms with Gasteiger partial charge in [-0.25, -0.2) is 4.39 Å². The van der Waals surface area contributed by atoms with E-state index in [1.807, 2.05) is 25.1 Å². The molecular formula is C18H21FO2. The van der Waals surface area contributed by atoms with Crippen molar-refractivity contribution in [1.82, 2.24) is 0 Å². The predicted octanol–water partition coefficient (Wildman–Crippen LogP) is 5.10. The van der Waals surface area contributed by atoms with Gasteiger partial charge in [0.05, 0.1) is 6.10 Å². The maximum absolute atomic E-state index is 13.3. The van der Waals surface area contributed by atoms with Crippen molar-refractivity contribution >= 4 is 0 Å². The summed E-state index contributed by atoms with van der Waals surface area (Å²) in [5, 5.41) is 9.73. The second kappa shape index (κ2) is 6.27. The molecule has 2 rings (SSSR count).